The van der Waals surface area contributed by atoms with Crippen LogP contribution in [0.15, 0.2) is 39.9 Å². The van der Waals surface area contributed by atoms with E-state index in [1.54, 1.807) is 24.6 Å². The first-order chi connectivity index (χ1) is 14.3. The van der Waals surface area contributed by atoms with Gasteiger partial charge in [-0.2, -0.15) is 4.31 Å². The van der Waals surface area contributed by atoms with Gasteiger partial charge in [0.1, 0.15) is 4.21 Å². The highest BCUT2D eigenvalue weighted by molar-refractivity contribution is 7.91. The van der Waals surface area contributed by atoms with Crippen LogP contribution in [0, 0.1) is 5.92 Å². The predicted octanol–water partition coefficient (Wildman–Crippen LogP) is 3.26. The second kappa shape index (κ2) is 9.80. The highest BCUT2D eigenvalue weighted by Gasteiger charge is 2.32. The number of piperidine rings is 1. The van der Waals surface area contributed by atoms with Gasteiger partial charge in [-0.15, -0.1) is 11.3 Å². The van der Waals surface area contributed by atoms with Gasteiger partial charge < -0.3 is 14.8 Å². The normalized spacial score (nSPS) is 15.9. The summed E-state index contributed by atoms with van der Waals surface area (Å²) in [5, 5.41) is 4.71. The molecule has 0 unspecified atom stereocenters. The Morgan fingerprint density at radius 3 is 2.57 bits per heavy atom. The van der Waals surface area contributed by atoms with Crippen LogP contribution in [0.1, 0.15) is 32.3 Å². The highest BCUT2D eigenvalue weighted by atomic mass is 32.2. The molecule has 0 radical (unpaired) electrons. The van der Waals surface area contributed by atoms with Crippen LogP contribution in [0.3, 0.4) is 0 Å². The molecule has 0 saturated carbocycles. The van der Waals surface area contributed by atoms with Gasteiger partial charge in [0.25, 0.3) is 10.0 Å². The topological polar surface area (TPSA) is 84.9 Å². The summed E-state index contributed by atoms with van der Waals surface area (Å²) in [5.74, 6) is 1.05. The second-order valence-corrected chi connectivity index (χ2v) is 10.6. The van der Waals surface area contributed by atoms with Crippen molar-refractivity contribution in [3.8, 4) is 11.5 Å². The zero-order valence-electron chi connectivity index (χ0n) is 17.5. The maximum atomic E-state index is 12.6. The molecule has 0 aliphatic carbocycles. The molecule has 30 heavy (non-hydrogen) atoms. The number of thiophene rings is 1. The fourth-order valence-corrected chi connectivity index (χ4v) is 6.02. The summed E-state index contributed by atoms with van der Waals surface area (Å²) in [6.45, 7) is 4.99. The molecule has 1 N–H and O–H groups in total. The van der Waals surface area contributed by atoms with Gasteiger partial charge in [0.05, 0.1) is 13.2 Å². The predicted molar refractivity (Wildman–Crippen MR) is 116 cm³/mol. The lowest BCUT2D eigenvalue weighted by atomic mass is 9.97. The van der Waals surface area contributed by atoms with Crippen molar-refractivity contribution in [2.24, 2.45) is 5.92 Å². The van der Waals surface area contributed by atoms with Gasteiger partial charge in [0.2, 0.25) is 5.91 Å². The Balaban J connectivity index is 1.53. The van der Waals surface area contributed by atoms with Gasteiger partial charge >= 0.3 is 0 Å². The van der Waals surface area contributed by atoms with Crippen molar-refractivity contribution >= 4 is 27.3 Å². The molecule has 2 heterocycles. The van der Waals surface area contributed by atoms with Crippen molar-refractivity contribution in [2.45, 2.75) is 43.5 Å². The minimum atomic E-state index is -3.45. The minimum absolute atomic E-state index is 0.0407. The Labute approximate surface area is 182 Å². The van der Waals surface area contributed by atoms with Crippen LogP contribution in [0.25, 0.3) is 0 Å². The summed E-state index contributed by atoms with van der Waals surface area (Å²) < 4.78 is 38.1. The summed E-state index contributed by atoms with van der Waals surface area (Å²) >= 11 is 1.22. The molecule has 164 valence electrons. The van der Waals surface area contributed by atoms with Crippen LogP contribution >= 0.6 is 11.3 Å². The Kier molecular flexibility index (Phi) is 7.38. The van der Waals surface area contributed by atoms with E-state index in [0.29, 0.717) is 48.2 Å². The summed E-state index contributed by atoms with van der Waals surface area (Å²) in [6, 6.07) is 8.94. The number of nitrogens with one attached hydrogen (secondary N) is 1. The van der Waals surface area contributed by atoms with Crippen LogP contribution in [0.5, 0.6) is 11.5 Å². The van der Waals surface area contributed by atoms with E-state index in [-0.39, 0.29) is 17.9 Å². The van der Waals surface area contributed by atoms with E-state index in [1.165, 1.54) is 15.6 Å². The number of hydrogen-bond acceptors (Lipinski definition) is 6. The molecule has 1 aromatic carbocycles. The van der Waals surface area contributed by atoms with Gasteiger partial charge in [0, 0.05) is 25.6 Å². The van der Waals surface area contributed by atoms with E-state index in [4.69, 9.17) is 9.47 Å². The summed E-state index contributed by atoms with van der Waals surface area (Å²) in [6.07, 6.45) is 1.07. The number of benzene rings is 1. The summed E-state index contributed by atoms with van der Waals surface area (Å²) in [5.41, 5.74) is 0.911. The molecule has 2 aromatic rings. The SMILES string of the molecule is COc1cc(CNC(=O)C2CCN(S(=O)(=O)c3cccs3)CC2)ccc1OC(C)C. The number of nitrogens with zero attached hydrogens (tertiary/aromatic N) is 1. The standard InChI is InChI=1S/C21H28N2O5S2/c1-15(2)28-18-7-6-16(13-19(18)27-3)14-22-21(24)17-8-10-23(11-9-17)30(25,26)20-5-4-12-29-20/h4-7,12-13,15,17H,8-11,14H2,1-3H3,(H,22,24). The Morgan fingerprint density at radius 2 is 1.97 bits per heavy atom. The number of carbonyl (C=O) groups is 1. The molecule has 1 aliphatic heterocycles. The van der Waals surface area contributed by atoms with Crippen molar-refractivity contribution < 1.29 is 22.7 Å². The van der Waals surface area contributed by atoms with Gasteiger partial charge in [-0.3, -0.25) is 4.79 Å². The lowest BCUT2D eigenvalue weighted by Gasteiger charge is -2.30. The lowest BCUT2D eigenvalue weighted by Crippen LogP contribution is -2.42. The van der Waals surface area contributed by atoms with Crippen molar-refractivity contribution in [3.63, 3.8) is 0 Å². The Morgan fingerprint density at radius 1 is 1.23 bits per heavy atom. The molecule has 3 rings (SSSR count). The van der Waals surface area contributed by atoms with E-state index in [1.807, 2.05) is 32.0 Å². The quantitative estimate of drug-likeness (QED) is 0.665. The molecule has 1 amide bonds. The molecule has 0 spiro atoms. The minimum Gasteiger partial charge on any atom is -0.493 e. The molecule has 1 saturated heterocycles. The van der Waals surface area contributed by atoms with Gasteiger partial charge in [-0.1, -0.05) is 12.1 Å². The summed E-state index contributed by atoms with van der Waals surface area (Å²) in [4.78, 5) is 12.6. The number of methoxy groups -OCH3 is 1. The molecule has 9 heteroatoms. The van der Waals surface area contributed by atoms with Crippen molar-refractivity contribution in [3.05, 3.63) is 41.3 Å². The van der Waals surface area contributed by atoms with Crippen LogP contribution < -0.4 is 14.8 Å². The molecule has 0 bridgehead atoms. The molecular formula is C21H28N2O5S2. The third kappa shape index (κ3) is 5.33. The largest absolute Gasteiger partial charge is 0.493 e. The smallest absolute Gasteiger partial charge is 0.252 e. The number of rotatable bonds is 8. The van der Waals surface area contributed by atoms with E-state index in [9.17, 15) is 13.2 Å². The molecular weight excluding hydrogens is 424 g/mol. The van der Waals surface area contributed by atoms with E-state index >= 15 is 0 Å². The highest BCUT2D eigenvalue weighted by Crippen LogP contribution is 2.29. The number of carbonyl (C=O) groups excluding carboxylic acids is 1. The first-order valence-electron chi connectivity index (χ1n) is 9.96. The average Bonchev–Trinajstić information content (AvgIpc) is 3.28. The van der Waals surface area contributed by atoms with Gasteiger partial charge in [0.15, 0.2) is 11.5 Å². The molecule has 1 fully saturated rings. The fourth-order valence-electron chi connectivity index (χ4n) is 3.40. The monoisotopic (exact) mass is 452 g/mol. The molecule has 1 aromatic heterocycles. The number of hydrogen-bond donors (Lipinski definition) is 1. The average molecular weight is 453 g/mol. The summed E-state index contributed by atoms with van der Waals surface area (Å²) in [7, 11) is -1.86. The number of sulfonamides is 1. The van der Waals surface area contributed by atoms with Gasteiger partial charge in [-0.25, -0.2) is 8.42 Å². The lowest BCUT2D eigenvalue weighted by molar-refractivity contribution is -0.126. The zero-order chi connectivity index (χ0) is 21.7. The Bertz CT molecular complexity index is 950. The van der Waals surface area contributed by atoms with Crippen LogP contribution in [0.4, 0.5) is 0 Å². The number of ether oxygens (including phenoxy) is 2. The van der Waals surface area contributed by atoms with Crippen LogP contribution in [-0.4, -0.2) is 44.9 Å². The van der Waals surface area contributed by atoms with Gasteiger partial charge in [-0.05, 0) is 55.8 Å². The molecule has 1 aliphatic rings. The molecule has 0 atom stereocenters. The third-order valence-electron chi connectivity index (χ3n) is 4.97. The van der Waals surface area contributed by atoms with Crippen LogP contribution in [-0.2, 0) is 21.4 Å². The maximum absolute atomic E-state index is 12.6. The second-order valence-electron chi connectivity index (χ2n) is 7.48. The van der Waals surface area contributed by atoms with E-state index in [0.717, 1.165) is 5.56 Å². The fraction of sp³-hybridized carbons (Fsp3) is 0.476. The number of amides is 1. The third-order valence-corrected chi connectivity index (χ3v) is 8.24. The Hall–Kier alpha value is -2.10. The van der Waals surface area contributed by atoms with E-state index in [2.05, 4.69) is 5.32 Å². The van der Waals surface area contributed by atoms with Crippen molar-refractivity contribution in [1.29, 1.82) is 0 Å². The first kappa shape index (κ1) is 22.6. The molecule has 7 nitrogen and oxygen atoms in total. The first-order valence-corrected chi connectivity index (χ1v) is 12.3. The zero-order valence-corrected chi connectivity index (χ0v) is 19.1. The van der Waals surface area contributed by atoms with E-state index < -0.39 is 10.0 Å². The van der Waals surface area contributed by atoms with Crippen LogP contribution in [0.2, 0.25) is 0 Å². The maximum Gasteiger partial charge on any atom is 0.252 e. The van der Waals surface area contributed by atoms with Crippen molar-refractivity contribution in [2.75, 3.05) is 20.2 Å². The van der Waals surface area contributed by atoms with Crippen molar-refractivity contribution in [1.82, 2.24) is 9.62 Å².